The van der Waals surface area contributed by atoms with Crippen molar-refractivity contribution >= 4 is 27.7 Å². The second kappa shape index (κ2) is 9.55. The van der Waals surface area contributed by atoms with Gasteiger partial charge >= 0.3 is 0 Å². The Hall–Kier alpha value is -2.60. The summed E-state index contributed by atoms with van der Waals surface area (Å²) < 4.78 is 26.9. The lowest BCUT2D eigenvalue weighted by atomic mass is 10.1. The van der Waals surface area contributed by atoms with Crippen molar-refractivity contribution in [2.45, 2.75) is 44.6 Å². The van der Waals surface area contributed by atoms with Crippen molar-refractivity contribution in [1.29, 1.82) is 0 Å². The minimum absolute atomic E-state index is 0.106. The van der Waals surface area contributed by atoms with E-state index < -0.39 is 10.0 Å². The van der Waals surface area contributed by atoms with Crippen LogP contribution in [0.5, 0.6) is 0 Å². The van der Waals surface area contributed by atoms with Crippen LogP contribution >= 0.6 is 0 Å². The summed E-state index contributed by atoms with van der Waals surface area (Å²) in [5.41, 5.74) is 1.76. The van der Waals surface area contributed by atoms with Gasteiger partial charge in [0.2, 0.25) is 0 Å². The van der Waals surface area contributed by atoms with E-state index in [0.29, 0.717) is 11.3 Å². The van der Waals surface area contributed by atoms with Crippen LogP contribution in [0.3, 0.4) is 0 Å². The van der Waals surface area contributed by atoms with Crippen LogP contribution in [-0.2, 0) is 10.0 Å². The standard InChI is InChI=1S/C22H26N2O3S/c25-22(23-20-10-6-1-2-7-11-20)19-12-14-21(15-13-19)24-28(26,27)17-16-18-8-4-3-5-9-18/h3-5,8-9,12-17,20,24H,1-2,6-7,10-11H2,(H,23,25). The second-order valence-electron chi connectivity index (χ2n) is 7.10. The number of anilines is 1. The third kappa shape index (κ3) is 6.23. The molecule has 1 amide bonds. The molecule has 1 aliphatic rings. The topological polar surface area (TPSA) is 75.3 Å². The van der Waals surface area contributed by atoms with E-state index in [4.69, 9.17) is 0 Å². The summed E-state index contributed by atoms with van der Waals surface area (Å²) in [5.74, 6) is -0.106. The number of hydrogen-bond donors (Lipinski definition) is 2. The quantitative estimate of drug-likeness (QED) is 0.701. The van der Waals surface area contributed by atoms with Crippen LogP contribution < -0.4 is 10.0 Å². The van der Waals surface area contributed by atoms with Gasteiger partial charge in [0.05, 0.1) is 5.41 Å². The molecule has 28 heavy (non-hydrogen) atoms. The highest BCUT2D eigenvalue weighted by Gasteiger charge is 2.16. The van der Waals surface area contributed by atoms with Gasteiger partial charge in [0, 0.05) is 17.3 Å². The Morgan fingerprint density at radius 2 is 1.54 bits per heavy atom. The Bertz CT molecular complexity index is 899. The molecule has 148 valence electrons. The fraction of sp³-hybridized carbons (Fsp3) is 0.318. The van der Waals surface area contributed by atoms with Gasteiger partial charge in [0.1, 0.15) is 0 Å². The number of amides is 1. The number of sulfonamides is 1. The molecule has 0 bridgehead atoms. The molecular weight excluding hydrogens is 372 g/mol. The van der Waals surface area contributed by atoms with Gasteiger partial charge in [-0.25, -0.2) is 8.42 Å². The molecule has 0 spiro atoms. The lowest BCUT2D eigenvalue weighted by Crippen LogP contribution is -2.34. The summed E-state index contributed by atoms with van der Waals surface area (Å²) >= 11 is 0. The molecule has 0 unspecified atom stereocenters. The average Bonchev–Trinajstić information content (AvgIpc) is 2.96. The van der Waals surface area contributed by atoms with Crippen molar-refractivity contribution < 1.29 is 13.2 Å². The van der Waals surface area contributed by atoms with Gasteiger partial charge in [-0.3, -0.25) is 9.52 Å². The first-order chi connectivity index (χ1) is 13.5. The third-order valence-electron chi connectivity index (χ3n) is 4.84. The first-order valence-corrected chi connectivity index (χ1v) is 11.2. The van der Waals surface area contributed by atoms with Gasteiger partial charge in [-0.15, -0.1) is 0 Å². The van der Waals surface area contributed by atoms with Crippen LogP contribution in [0.1, 0.15) is 54.4 Å². The van der Waals surface area contributed by atoms with E-state index in [1.165, 1.54) is 18.9 Å². The van der Waals surface area contributed by atoms with E-state index in [9.17, 15) is 13.2 Å². The predicted octanol–water partition coefficient (Wildman–Crippen LogP) is 4.55. The maximum absolute atomic E-state index is 12.4. The van der Waals surface area contributed by atoms with E-state index in [1.54, 1.807) is 24.3 Å². The minimum Gasteiger partial charge on any atom is -0.349 e. The van der Waals surface area contributed by atoms with E-state index in [1.807, 2.05) is 30.3 Å². The molecule has 0 aliphatic heterocycles. The number of nitrogens with one attached hydrogen (secondary N) is 2. The predicted molar refractivity (Wildman–Crippen MR) is 113 cm³/mol. The molecule has 0 atom stereocenters. The van der Waals surface area contributed by atoms with Gasteiger partial charge < -0.3 is 5.32 Å². The second-order valence-corrected chi connectivity index (χ2v) is 8.67. The van der Waals surface area contributed by atoms with Gasteiger partial charge in [0.25, 0.3) is 15.9 Å². The van der Waals surface area contributed by atoms with Crippen molar-refractivity contribution in [3.05, 3.63) is 71.1 Å². The van der Waals surface area contributed by atoms with Crippen LogP contribution in [0.4, 0.5) is 5.69 Å². The van der Waals surface area contributed by atoms with E-state index in [2.05, 4.69) is 10.0 Å². The Kier molecular flexibility index (Phi) is 6.87. The number of hydrogen-bond acceptors (Lipinski definition) is 3. The smallest absolute Gasteiger partial charge is 0.255 e. The number of carbonyl (C=O) groups is 1. The first kappa shape index (κ1) is 20.1. The summed E-state index contributed by atoms with van der Waals surface area (Å²) in [7, 11) is -3.62. The highest BCUT2D eigenvalue weighted by Crippen LogP contribution is 2.18. The molecule has 2 aromatic rings. The van der Waals surface area contributed by atoms with Crippen LogP contribution in [0.15, 0.2) is 60.0 Å². The summed E-state index contributed by atoms with van der Waals surface area (Å²) in [4.78, 5) is 12.4. The summed E-state index contributed by atoms with van der Waals surface area (Å²) in [6.45, 7) is 0. The highest BCUT2D eigenvalue weighted by molar-refractivity contribution is 7.95. The highest BCUT2D eigenvalue weighted by atomic mass is 32.2. The molecular formula is C22H26N2O3S. The Balaban J connectivity index is 1.58. The Morgan fingerprint density at radius 3 is 2.18 bits per heavy atom. The summed E-state index contributed by atoms with van der Waals surface area (Å²) in [6, 6.07) is 16.0. The molecule has 1 fully saturated rings. The lowest BCUT2D eigenvalue weighted by Gasteiger charge is -2.16. The summed E-state index contributed by atoms with van der Waals surface area (Å²) in [5, 5.41) is 4.23. The monoisotopic (exact) mass is 398 g/mol. The van der Waals surface area contributed by atoms with E-state index in [-0.39, 0.29) is 11.9 Å². The molecule has 3 rings (SSSR count). The van der Waals surface area contributed by atoms with E-state index in [0.717, 1.165) is 36.7 Å². The largest absolute Gasteiger partial charge is 0.349 e. The zero-order chi connectivity index (χ0) is 19.8. The summed E-state index contributed by atoms with van der Waals surface area (Å²) in [6.07, 6.45) is 8.37. The molecule has 0 saturated heterocycles. The molecule has 1 saturated carbocycles. The molecule has 0 aromatic heterocycles. The van der Waals surface area contributed by atoms with Crippen molar-refractivity contribution in [2.24, 2.45) is 0 Å². The van der Waals surface area contributed by atoms with Crippen molar-refractivity contribution in [3.8, 4) is 0 Å². The van der Waals surface area contributed by atoms with Gasteiger partial charge in [0.15, 0.2) is 0 Å². The Labute approximate surface area is 166 Å². The van der Waals surface area contributed by atoms with Gasteiger partial charge in [-0.05, 0) is 48.7 Å². The van der Waals surface area contributed by atoms with Crippen LogP contribution in [-0.4, -0.2) is 20.4 Å². The Morgan fingerprint density at radius 1 is 0.893 bits per heavy atom. The fourth-order valence-electron chi connectivity index (χ4n) is 3.31. The molecule has 5 nitrogen and oxygen atoms in total. The third-order valence-corrected chi connectivity index (χ3v) is 5.85. The minimum atomic E-state index is -3.62. The van der Waals surface area contributed by atoms with Crippen LogP contribution in [0.2, 0.25) is 0 Å². The molecule has 6 heteroatoms. The van der Waals surface area contributed by atoms with Crippen molar-refractivity contribution in [2.75, 3.05) is 4.72 Å². The first-order valence-electron chi connectivity index (χ1n) is 9.69. The zero-order valence-corrected chi connectivity index (χ0v) is 16.6. The van der Waals surface area contributed by atoms with Crippen LogP contribution in [0.25, 0.3) is 6.08 Å². The van der Waals surface area contributed by atoms with Crippen LogP contribution in [0, 0.1) is 0 Å². The molecule has 1 aliphatic carbocycles. The normalized spacial score (nSPS) is 15.9. The average molecular weight is 399 g/mol. The zero-order valence-electron chi connectivity index (χ0n) is 15.8. The number of carbonyl (C=O) groups excluding carboxylic acids is 1. The van der Waals surface area contributed by atoms with Gasteiger partial charge in [-0.1, -0.05) is 56.0 Å². The van der Waals surface area contributed by atoms with Gasteiger partial charge in [-0.2, -0.15) is 0 Å². The van der Waals surface area contributed by atoms with Crippen molar-refractivity contribution in [3.63, 3.8) is 0 Å². The number of benzene rings is 2. The molecule has 0 heterocycles. The van der Waals surface area contributed by atoms with Crippen molar-refractivity contribution in [1.82, 2.24) is 5.32 Å². The SMILES string of the molecule is O=C(NC1CCCCCC1)c1ccc(NS(=O)(=O)C=Cc2ccccc2)cc1. The maximum atomic E-state index is 12.4. The fourth-order valence-corrected chi connectivity index (χ4v) is 4.18. The van der Waals surface area contributed by atoms with E-state index >= 15 is 0 Å². The molecule has 2 aromatic carbocycles. The molecule has 0 radical (unpaired) electrons. The lowest BCUT2D eigenvalue weighted by molar-refractivity contribution is 0.0933. The number of rotatable bonds is 6. The molecule has 2 N–H and O–H groups in total. The maximum Gasteiger partial charge on any atom is 0.255 e.